The van der Waals surface area contributed by atoms with Crippen LogP contribution in [0, 0.1) is 0 Å². The molecule has 180 valence electrons. The molecule has 0 aliphatic carbocycles. The summed E-state index contributed by atoms with van der Waals surface area (Å²) in [6.45, 7) is 10.8. The van der Waals surface area contributed by atoms with E-state index in [0.717, 1.165) is 25.9 Å². The summed E-state index contributed by atoms with van der Waals surface area (Å²) in [5, 5.41) is 0. The van der Waals surface area contributed by atoms with Gasteiger partial charge in [-0.25, -0.2) is 4.79 Å². The molecule has 0 fully saturated rings. The molecule has 0 radical (unpaired) electrons. The van der Waals surface area contributed by atoms with Crippen molar-refractivity contribution in [2.75, 3.05) is 19.6 Å². The Hall–Kier alpha value is -0.450. The van der Waals surface area contributed by atoms with Crippen molar-refractivity contribution in [3.05, 3.63) is 0 Å². The summed E-state index contributed by atoms with van der Waals surface area (Å²) in [7, 11) is 0. The number of amides is 1. The van der Waals surface area contributed by atoms with Gasteiger partial charge in [0.05, 0.1) is 12.5 Å². The van der Waals surface area contributed by atoms with Crippen LogP contribution in [-0.2, 0) is 4.79 Å². The first-order chi connectivity index (χ1) is 14.6. The standard InChI is InChI=1S/C26H56N3O/c1-5-9-10-11-12-13-14-15-16-17-18-19-20-21-22-23-26(30)29(7-3,8-4)28-25(6-2)24-27/h25,28H,5-24,27H2,1-4H3/q+1. The molecular weight excluding hydrogens is 370 g/mol. The Morgan fingerprint density at radius 2 is 1.10 bits per heavy atom. The van der Waals surface area contributed by atoms with Gasteiger partial charge in [-0.3, -0.25) is 0 Å². The number of carbonyl (C=O) groups excluding carboxylic acids is 1. The van der Waals surface area contributed by atoms with Crippen molar-refractivity contribution >= 4 is 5.91 Å². The molecule has 0 saturated carbocycles. The van der Waals surface area contributed by atoms with Gasteiger partial charge in [0, 0.05) is 6.54 Å². The maximum atomic E-state index is 12.9. The molecule has 0 aromatic rings. The van der Waals surface area contributed by atoms with Gasteiger partial charge in [-0.15, -0.1) is 0 Å². The van der Waals surface area contributed by atoms with Gasteiger partial charge in [0.2, 0.25) is 0 Å². The molecule has 0 aromatic heterocycles. The van der Waals surface area contributed by atoms with Gasteiger partial charge in [-0.2, -0.15) is 10.0 Å². The summed E-state index contributed by atoms with van der Waals surface area (Å²) in [5.41, 5.74) is 9.38. The Balaban J connectivity index is 3.71. The Labute approximate surface area is 189 Å². The molecule has 0 saturated heterocycles. The third-order valence-electron chi connectivity index (χ3n) is 6.76. The van der Waals surface area contributed by atoms with E-state index in [1.165, 1.54) is 89.9 Å². The smallest absolute Gasteiger partial charge is 0.329 e. The molecule has 0 aliphatic heterocycles. The zero-order valence-electron chi connectivity index (χ0n) is 21.2. The fraction of sp³-hybridized carbons (Fsp3) is 0.962. The van der Waals surface area contributed by atoms with Gasteiger partial charge in [0.15, 0.2) is 0 Å². The largest absolute Gasteiger partial charge is 0.332 e. The lowest BCUT2D eigenvalue weighted by molar-refractivity contribution is -0.898. The van der Waals surface area contributed by atoms with E-state index in [9.17, 15) is 4.79 Å². The van der Waals surface area contributed by atoms with Crippen LogP contribution >= 0.6 is 0 Å². The van der Waals surface area contributed by atoms with E-state index < -0.39 is 0 Å². The van der Waals surface area contributed by atoms with Gasteiger partial charge in [-0.05, 0) is 26.7 Å². The van der Waals surface area contributed by atoms with Crippen LogP contribution in [0.25, 0.3) is 0 Å². The monoisotopic (exact) mass is 426 g/mol. The first-order valence-electron chi connectivity index (χ1n) is 13.5. The minimum Gasteiger partial charge on any atom is -0.329 e. The molecule has 0 rings (SSSR count). The van der Waals surface area contributed by atoms with Crippen LogP contribution in [-0.4, -0.2) is 36.2 Å². The number of hydrogen-bond acceptors (Lipinski definition) is 3. The summed E-state index contributed by atoms with van der Waals surface area (Å²) in [4.78, 5) is 12.9. The van der Waals surface area contributed by atoms with Crippen molar-refractivity contribution in [1.29, 1.82) is 0 Å². The minimum atomic E-state index is 0.218. The normalized spacial score (nSPS) is 13.0. The number of rotatable bonds is 22. The van der Waals surface area contributed by atoms with Gasteiger partial charge in [0.25, 0.3) is 0 Å². The number of nitrogens with one attached hydrogen (secondary N) is 1. The van der Waals surface area contributed by atoms with E-state index in [4.69, 9.17) is 5.73 Å². The van der Waals surface area contributed by atoms with E-state index in [2.05, 4.69) is 33.1 Å². The van der Waals surface area contributed by atoms with Gasteiger partial charge in [0.1, 0.15) is 13.1 Å². The summed E-state index contributed by atoms with van der Waals surface area (Å²) in [6.07, 6.45) is 22.0. The number of unbranched alkanes of at least 4 members (excludes halogenated alkanes) is 14. The predicted molar refractivity (Wildman–Crippen MR) is 132 cm³/mol. The van der Waals surface area contributed by atoms with Crippen LogP contribution in [0.15, 0.2) is 0 Å². The SMILES string of the molecule is CCCCCCCCCCCCCCCCCC(=O)[N+](CC)(CC)NC(CC)CN. The van der Waals surface area contributed by atoms with E-state index in [-0.39, 0.29) is 6.04 Å². The Morgan fingerprint density at radius 3 is 1.43 bits per heavy atom. The number of hydrogen-bond donors (Lipinski definition) is 2. The van der Waals surface area contributed by atoms with Gasteiger partial charge in [-0.1, -0.05) is 104 Å². The van der Waals surface area contributed by atoms with Crippen molar-refractivity contribution in [2.45, 2.75) is 143 Å². The molecular formula is C26H56N3O+. The van der Waals surface area contributed by atoms with Crippen molar-refractivity contribution in [3.8, 4) is 0 Å². The van der Waals surface area contributed by atoms with E-state index in [0.29, 0.717) is 23.5 Å². The maximum absolute atomic E-state index is 12.9. The van der Waals surface area contributed by atoms with Crippen LogP contribution in [0.2, 0.25) is 0 Å². The summed E-state index contributed by atoms with van der Waals surface area (Å²) in [6, 6.07) is 0.218. The molecule has 4 heteroatoms. The first-order valence-corrected chi connectivity index (χ1v) is 13.5. The van der Waals surface area contributed by atoms with Crippen LogP contribution in [0.4, 0.5) is 0 Å². The van der Waals surface area contributed by atoms with Crippen LogP contribution in [0.3, 0.4) is 0 Å². The zero-order chi connectivity index (χ0) is 22.5. The second kappa shape index (κ2) is 20.5. The Morgan fingerprint density at radius 1 is 0.700 bits per heavy atom. The highest BCUT2D eigenvalue weighted by molar-refractivity contribution is 5.68. The second-order valence-corrected chi connectivity index (χ2v) is 9.16. The van der Waals surface area contributed by atoms with Crippen LogP contribution < -0.4 is 11.2 Å². The molecule has 0 heterocycles. The Bertz CT molecular complexity index is 378. The average molecular weight is 427 g/mol. The minimum absolute atomic E-state index is 0.218. The van der Waals surface area contributed by atoms with E-state index in [1.807, 2.05) is 0 Å². The molecule has 3 N–H and O–H groups in total. The lowest BCUT2D eigenvalue weighted by atomic mass is 10.0. The molecule has 30 heavy (non-hydrogen) atoms. The lowest BCUT2D eigenvalue weighted by Gasteiger charge is -2.36. The molecule has 1 amide bonds. The predicted octanol–water partition coefficient (Wildman–Crippen LogP) is 6.87. The van der Waals surface area contributed by atoms with Crippen LogP contribution in [0.1, 0.15) is 137 Å². The van der Waals surface area contributed by atoms with Crippen LogP contribution in [0.5, 0.6) is 0 Å². The van der Waals surface area contributed by atoms with Crippen molar-refractivity contribution in [2.24, 2.45) is 5.73 Å². The highest BCUT2D eigenvalue weighted by Crippen LogP contribution is 2.15. The lowest BCUT2D eigenvalue weighted by Crippen LogP contribution is -2.65. The molecule has 0 aromatic carbocycles. The number of carbonyl (C=O) groups is 1. The first kappa shape index (κ1) is 29.5. The Kier molecular flexibility index (Phi) is 20.1. The topological polar surface area (TPSA) is 55.1 Å². The van der Waals surface area contributed by atoms with E-state index >= 15 is 0 Å². The van der Waals surface area contributed by atoms with E-state index in [1.54, 1.807) is 0 Å². The average Bonchev–Trinajstić information content (AvgIpc) is 2.77. The highest BCUT2D eigenvalue weighted by Gasteiger charge is 2.34. The molecule has 0 aliphatic rings. The van der Waals surface area contributed by atoms with Gasteiger partial charge < -0.3 is 5.73 Å². The number of quaternary nitrogens is 1. The van der Waals surface area contributed by atoms with Crippen molar-refractivity contribution in [3.63, 3.8) is 0 Å². The summed E-state index contributed by atoms with van der Waals surface area (Å²) in [5.74, 6) is 0.335. The summed E-state index contributed by atoms with van der Waals surface area (Å²) >= 11 is 0. The quantitative estimate of drug-likeness (QED) is 0.113. The molecule has 0 spiro atoms. The highest BCUT2D eigenvalue weighted by atomic mass is 16.2. The number of nitrogens with two attached hydrogens (primary N) is 1. The fourth-order valence-corrected chi connectivity index (χ4v) is 4.35. The summed E-state index contributed by atoms with van der Waals surface area (Å²) < 4.78 is 0.383. The molecule has 1 unspecified atom stereocenters. The van der Waals surface area contributed by atoms with Crippen molar-refractivity contribution in [1.82, 2.24) is 5.43 Å². The molecule has 1 atom stereocenters. The molecule has 0 bridgehead atoms. The van der Waals surface area contributed by atoms with Crippen molar-refractivity contribution < 1.29 is 9.39 Å². The second-order valence-electron chi connectivity index (χ2n) is 9.16. The third-order valence-corrected chi connectivity index (χ3v) is 6.76. The maximum Gasteiger partial charge on any atom is 0.332 e. The number of nitrogens with zero attached hydrogens (tertiary/aromatic N) is 1. The van der Waals surface area contributed by atoms with Gasteiger partial charge >= 0.3 is 5.91 Å². The molecule has 4 nitrogen and oxygen atoms in total. The zero-order valence-corrected chi connectivity index (χ0v) is 21.2. The fourth-order valence-electron chi connectivity index (χ4n) is 4.35. The third kappa shape index (κ3) is 13.8.